The summed E-state index contributed by atoms with van der Waals surface area (Å²) in [5.74, 6) is 0.582. The first-order chi connectivity index (χ1) is 15.3. The number of piperazine rings is 1. The zero-order valence-corrected chi connectivity index (χ0v) is 19.9. The summed E-state index contributed by atoms with van der Waals surface area (Å²) in [6.45, 7) is 3.52. The Morgan fingerprint density at radius 2 is 1.78 bits per heavy atom. The Kier molecular flexibility index (Phi) is 6.85. The van der Waals surface area contributed by atoms with Crippen LogP contribution < -0.4 is 4.74 Å². The number of sulfonamides is 1. The number of aryl methyl sites for hydroxylation is 1. The molecule has 0 unspecified atom stereocenters. The average molecular weight is 491 g/mol. The van der Waals surface area contributed by atoms with Gasteiger partial charge in [-0.1, -0.05) is 35.4 Å². The van der Waals surface area contributed by atoms with Crippen molar-refractivity contribution in [2.45, 2.75) is 18.4 Å². The van der Waals surface area contributed by atoms with E-state index >= 15 is 0 Å². The molecule has 2 heterocycles. The number of nitrogens with zero attached hydrogens (tertiary/aromatic N) is 2. The van der Waals surface area contributed by atoms with Gasteiger partial charge in [0, 0.05) is 36.8 Å². The van der Waals surface area contributed by atoms with Gasteiger partial charge in [-0.15, -0.1) is 11.3 Å². The normalized spacial score (nSPS) is 15.0. The van der Waals surface area contributed by atoms with E-state index in [0.29, 0.717) is 35.3 Å². The minimum atomic E-state index is -3.55. The summed E-state index contributed by atoms with van der Waals surface area (Å²) in [5.41, 5.74) is 1.91. The summed E-state index contributed by atoms with van der Waals surface area (Å²) in [4.78, 5) is 15.5. The quantitative estimate of drug-likeness (QED) is 0.512. The van der Waals surface area contributed by atoms with Crippen molar-refractivity contribution in [3.63, 3.8) is 0 Å². The Hall–Kier alpha value is -2.39. The van der Waals surface area contributed by atoms with Crippen molar-refractivity contribution in [1.82, 2.24) is 9.21 Å². The molecule has 6 nitrogen and oxygen atoms in total. The predicted molar refractivity (Wildman–Crippen MR) is 126 cm³/mol. The Labute approximate surface area is 197 Å². The molecular formula is C23H23ClN2O4S2. The van der Waals surface area contributed by atoms with Crippen LogP contribution in [0.3, 0.4) is 0 Å². The highest BCUT2D eigenvalue weighted by atomic mass is 35.5. The van der Waals surface area contributed by atoms with Gasteiger partial charge in [-0.05, 0) is 48.7 Å². The highest BCUT2D eigenvalue weighted by molar-refractivity contribution is 7.89. The van der Waals surface area contributed by atoms with Crippen molar-refractivity contribution < 1.29 is 17.9 Å². The maximum absolute atomic E-state index is 12.9. The number of carbonyl (C=O) groups excluding carboxylic acids is 1. The van der Waals surface area contributed by atoms with E-state index in [1.54, 1.807) is 41.3 Å². The Balaban J connectivity index is 1.34. The standard InChI is InChI=1S/C23H23ClN2O4S2/c1-17-5-7-21(8-6-17)32(28,29)26-11-9-25(10-12-26)23(27)22-13-18(16-31-22)15-30-20-4-2-3-19(24)14-20/h2-8,13-14,16H,9-12,15H2,1H3. The Morgan fingerprint density at radius 1 is 1.06 bits per heavy atom. The fourth-order valence-corrected chi connectivity index (χ4v) is 5.90. The van der Waals surface area contributed by atoms with Crippen molar-refractivity contribution in [3.8, 4) is 5.75 Å². The van der Waals surface area contributed by atoms with Gasteiger partial charge in [0.05, 0.1) is 9.77 Å². The van der Waals surface area contributed by atoms with Gasteiger partial charge in [-0.2, -0.15) is 4.31 Å². The summed E-state index contributed by atoms with van der Waals surface area (Å²) < 4.78 is 32.9. The molecule has 0 aliphatic carbocycles. The topological polar surface area (TPSA) is 66.9 Å². The largest absolute Gasteiger partial charge is 0.489 e. The van der Waals surface area contributed by atoms with Gasteiger partial charge < -0.3 is 9.64 Å². The van der Waals surface area contributed by atoms with E-state index in [-0.39, 0.29) is 23.9 Å². The molecule has 32 heavy (non-hydrogen) atoms. The molecule has 1 amide bonds. The second kappa shape index (κ2) is 9.62. The third kappa shape index (κ3) is 5.15. The van der Waals surface area contributed by atoms with Crippen molar-refractivity contribution in [3.05, 3.63) is 81.0 Å². The van der Waals surface area contributed by atoms with Crippen molar-refractivity contribution in [2.24, 2.45) is 0 Å². The van der Waals surface area contributed by atoms with Crippen molar-refractivity contribution in [2.75, 3.05) is 26.2 Å². The summed E-state index contributed by atoms with van der Waals surface area (Å²) >= 11 is 7.33. The number of halogens is 1. The van der Waals surface area contributed by atoms with Crippen molar-refractivity contribution in [1.29, 1.82) is 0 Å². The molecule has 2 aromatic carbocycles. The van der Waals surface area contributed by atoms with Crippen LogP contribution in [0.5, 0.6) is 5.75 Å². The molecule has 0 saturated carbocycles. The third-order valence-corrected chi connectivity index (χ3v) is 8.37. The molecule has 4 rings (SSSR count). The molecule has 3 aromatic rings. The number of hydrogen-bond acceptors (Lipinski definition) is 5. The van der Waals surface area contributed by atoms with E-state index in [1.165, 1.54) is 15.6 Å². The van der Waals surface area contributed by atoms with Crippen LogP contribution >= 0.6 is 22.9 Å². The number of ether oxygens (including phenoxy) is 1. The molecule has 0 atom stereocenters. The van der Waals surface area contributed by atoms with Gasteiger partial charge >= 0.3 is 0 Å². The summed E-state index contributed by atoms with van der Waals surface area (Å²) in [6, 6.07) is 15.8. The lowest BCUT2D eigenvalue weighted by Crippen LogP contribution is -2.50. The van der Waals surface area contributed by atoms with E-state index in [4.69, 9.17) is 16.3 Å². The first-order valence-electron chi connectivity index (χ1n) is 10.1. The summed E-state index contributed by atoms with van der Waals surface area (Å²) in [7, 11) is -3.55. The molecule has 0 radical (unpaired) electrons. The molecule has 1 aliphatic rings. The van der Waals surface area contributed by atoms with Crippen molar-refractivity contribution >= 4 is 38.9 Å². The molecule has 1 aromatic heterocycles. The molecule has 0 spiro atoms. The van der Waals surface area contributed by atoms with Crippen LogP contribution in [0, 0.1) is 6.92 Å². The molecule has 168 valence electrons. The van der Waals surface area contributed by atoms with E-state index < -0.39 is 10.0 Å². The molecule has 0 N–H and O–H groups in total. The summed E-state index contributed by atoms with van der Waals surface area (Å²) in [6.07, 6.45) is 0. The number of hydrogen-bond donors (Lipinski definition) is 0. The molecule has 9 heteroatoms. The van der Waals surface area contributed by atoms with E-state index in [0.717, 1.165) is 11.1 Å². The maximum atomic E-state index is 12.9. The molecule has 1 saturated heterocycles. The predicted octanol–water partition coefficient (Wildman–Crippen LogP) is 4.44. The van der Waals surface area contributed by atoms with Gasteiger partial charge in [0.1, 0.15) is 12.4 Å². The Morgan fingerprint density at radius 3 is 2.47 bits per heavy atom. The van der Waals surface area contributed by atoms with Crippen LogP contribution in [-0.4, -0.2) is 49.7 Å². The first kappa shape index (κ1) is 22.8. The van der Waals surface area contributed by atoms with Gasteiger partial charge in [0.25, 0.3) is 5.91 Å². The SMILES string of the molecule is Cc1ccc(S(=O)(=O)N2CCN(C(=O)c3cc(COc4cccc(Cl)c4)cs3)CC2)cc1. The number of benzene rings is 2. The van der Waals surface area contributed by atoms with Crippen LogP contribution in [0.1, 0.15) is 20.8 Å². The maximum Gasteiger partial charge on any atom is 0.264 e. The minimum Gasteiger partial charge on any atom is -0.489 e. The van der Waals surface area contributed by atoms with Gasteiger partial charge in [0.2, 0.25) is 10.0 Å². The van der Waals surface area contributed by atoms with Gasteiger partial charge in [0.15, 0.2) is 0 Å². The van der Waals surface area contributed by atoms with E-state index in [2.05, 4.69) is 0 Å². The first-order valence-corrected chi connectivity index (χ1v) is 12.8. The number of rotatable bonds is 6. The van der Waals surface area contributed by atoms with Gasteiger partial charge in [-0.25, -0.2) is 8.42 Å². The molecular weight excluding hydrogens is 468 g/mol. The lowest BCUT2D eigenvalue weighted by atomic mass is 10.2. The number of carbonyl (C=O) groups is 1. The third-order valence-electron chi connectivity index (χ3n) is 5.25. The average Bonchev–Trinajstić information content (AvgIpc) is 3.27. The minimum absolute atomic E-state index is 0.0867. The second-order valence-electron chi connectivity index (χ2n) is 7.57. The zero-order valence-electron chi connectivity index (χ0n) is 17.5. The van der Waals surface area contributed by atoms with E-state index in [9.17, 15) is 13.2 Å². The zero-order chi connectivity index (χ0) is 22.7. The van der Waals surface area contributed by atoms with Crippen LogP contribution in [0.15, 0.2) is 64.9 Å². The lowest BCUT2D eigenvalue weighted by molar-refractivity contribution is 0.0702. The molecule has 1 fully saturated rings. The second-order valence-corrected chi connectivity index (χ2v) is 10.9. The van der Waals surface area contributed by atoms with E-state index in [1.807, 2.05) is 30.5 Å². The van der Waals surface area contributed by atoms with Crippen LogP contribution in [-0.2, 0) is 16.6 Å². The highest BCUT2D eigenvalue weighted by Crippen LogP contribution is 2.23. The van der Waals surface area contributed by atoms with Crippen LogP contribution in [0.4, 0.5) is 0 Å². The molecule has 0 bridgehead atoms. The summed E-state index contributed by atoms with van der Waals surface area (Å²) in [5, 5.41) is 2.50. The lowest BCUT2D eigenvalue weighted by Gasteiger charge is -2.33. The number of amides is 1. The van der Waals surface area contributed by atoms with Gasteiger partial charge in [-0.3, -0.25) is 4.79 Å². The highest BCUT2D eigenvalue weighted by Gasteiger charge is 2.30. The number of thiophene rings is 1. The fourth-order valence-electron chi connectivity index (χ4n) is 3.43. The van der Waals surface area contributed by atoms with Crippen LogP contribution in [0.25, 0.3) is 0 Å². The smallest absolute Gasteiger partial charge is 0.264 e. The van der Waals surface area contributed by atoms with Crippen LogP contribution in [0.2, 0.25) is 5.02 Å². The monoisotopic (exact) mass is 490 g/mol. The molecule has 1 aliphatic heterocycles. The fraction of sp³-hybridized carbons (Fsp3) is 0.261. The Bertz CT molecular complexity index is 1200.